The molecule has 0 bridgehead atoms. The third-order valence-corrected chi connectivity index (χ3v) is 5.64. The Labute approximate surface area is 119 Å². The van der Waals surface area contributed by atoms with Crippen molar-refractivity contribution < 1.29 is 13.2 Å². The molecule has 2 rings (SSSR count). The normalized spacial score (nSPS) is 18.5. The van der Waals surface area contributed by atoms with Crippen LogP contribution in [0.3, 0.4) is 0 Å². The number of rotatable bonds is 3. The summed E-state index contributed by atoms with van der Waals surface area (Å²) < 4.78 is 31.9. The fraction of sp³-hybridized carbons (Fsp3) is 0.538. The van der Waals surface area contributed by atoms with Crippen LogP contribution in [-0.4, -0.2) is 32.9 Å². The standard InChI is InChI=1S/C13H18ClNO3S/c1-10-5-7-15(8-6-10)19(16,17)13-9-11(14)3-4-12(13)18-2/h3-4,9-10H,5-8H2,1-2H3. The van der Waals surface area contributed by atoms with E-state index in [1.54, 1.807) is 12.1 Å². The van der Waals surface area contributed by atoms with Crippen LogP contribution in [0.2, 0.25) is 5.02 Å². The lowest BCUT2D eigenvalue weighted by molar-refractivity contribution is 0.287. The largest absolute Gasteiger partial charge is 0.495 e. The first-order valence-electron chi connectivity index (χ1n) is 6.29. The highest BCUT2D eigenvalue weighted by atomic mass is 35.5. The van der Waals surface area contributed by atoms with E-state index in [9.17, 15) is 8.42 Å². The second-order valence-corrected chi connectivity index (χ2v) is 7.22. The summed E-state index contributed by atoms with van der Waals surface area (Å²) in [4.78, 5) is 0.150. The number of nitrogens with zero attached hydrogens (tertiary/aromatic N) is 1. The van der Waals surface area contributed by atoms with Crippen molar-refractivity contribution >= 4 is 21.6 Å². The summed E-state index contributed by atoms with van der Waals surface area (Å²) in [5.41, 5.74) is 0. The summed E-state index contributed by atoms with van der Waals surface area (Å²) >= 11 is 5.90. The molecule has 0 unspecified atom stereocenters. The molecule has 0 atom stereocenters. The van der Waals surface area contributed by atoms with Crippen molar-refractivity contribution in [1.82, 2.24) is 4.31 Å². The number of ether oxygens (including phenoxy) is 1. The maximum absolute atomic E-state index is 12.6. The number of hydrogen-bond acceptors (Lipinski definition) is 3. The van der Waals surface area contributed by atoms with Crippen LogP contribution >= 0.6 is 11.6 Å². The number of piperidine rings is 1. The summed E-state index contributed by atoms with van der Waals surface area (Å²) in [6.45, 7) is 3.25. The van der Waals surface area contributed by atoms with Crippen LogP contribution in [0.15, 0.2) is 23.1 Å². The highest BCUT2D eigenvalue weighted by Crippen LogP contribution is 2.31. The highest BCUT2D eigenvalue weighted by molar-refractivity contribution is 7.89. The number of hydrogen-bond donors (Lipinski definition) is 0. The Kier molecular flexibility index (Phi) is 4.38. The van der Waals surface area contributed by atoms with Crippen molar-refractivity contribution in [3.63, 3.8) is 0 Å². The molecular weight excluding hydrogens is 286 g/mol. The lowest BCUT2D eigenvalue weighted by Gasteiger charge is -2.29. The molecule has 6 heteroatoms. The van der Waals surface area contributed by atoms with Crippen LogP contribution in [0.25, 0.3) is 0 Å². The summed E-state index contributed by atoms with van der Waals surface area (Å²) in [5.74, 6) is 0.913. The summed E-state index contributed by atoms with van der Waals surface area (Å²) in [6.07, 6.45) is 1.78. The molecule has 0 spiro atoms. The molecule has 1 saturated heterocycles. The second-order valence-electron chi connectivity index (χ2n) is 4.88. The van der Waals surface area contributed by atoms with Crippen LogP contribution in [-0.2, 0) is 10.0 Å². The van der Waals surface area contributed by atoms with E-state index in [4.69, 9.17) is 16.3 Å². The van der Waals surface area contributed by atoms with Crippen molar-refractivity contribution in [2.24, 2.45) is 5.92 Å². The van der Waals surface area contributed by atoms with Gasteiger partial charge in [0.15, 0.2) is 0 Å². The molecule has 19 heavy (non-hydrogen) atoms. The first-order chi connectivity index (χ1) is 8.95. The number of sulfonamides is 1. The molecule has 0 radical (unpaired) electrons. The monoisotopic (exact) mass is 303 g/mol. The minimum atomic E-state index is -3.53. The quantitative estimate of drug-likeness (QED) is 0.862. The van der Waals surface area contributed by atoms with Crippen LogP contribution in [0.5, 0.6) is 5.75 Å². The fourth-order valence-corrected chi connectivity index (χ4v) is 4.10. The molecule has 0 aromatic heterocycles. The Morgan fingerprint density at radius 3 is 2.53 bits per heavy atom. The molecule has 106 valence electrons. The first kappa shape index (κ1) is 14.6. The molecule has 1 aromatic carbocycles. The molecule has 1 aliphatic heterocycles. The Morgan fingerprint density at radius 1 is 1.32 bits per heavy atom. The number of halogens is 1. The average Bonchev–Trinajstić information content (AvgIpc) is 2.39. The molecule has 0 amide bonds. The highest BCUT2D eigenvalue weighted by Gasteiger charge is 2.30. The van der Waals surface area contributed by atoms with E-state index in [0.29, 0.717) is 29.8 Å². The Balaban J connectivity index is 2.36. The number of benzene rings is 1. The first-order valence-corrected chi connectivity index (χ1v) is 8.10. The van der Waals surface area contributed by atoms with Gasteiger partial charge in [0.25, 0.3) is 0 Å². The average molecular weight is 304 g/mol. The van der Waals surface area contributed by atoms with E-state index in [1.165, 1.54) is 17.5 Å². The maximum Gasteiger partial charge on any atom is 0.246 e. The van der Waals surface area contributed by atoms with Crippen LogP contribution in [0.1, 0.15) is 19.8 Å². The molecular formula is C13H18ClNO3S. The zero-order valence-electron chi connectivity index (χ0n) is 11.1. The van der Waals surface area contributed by atoms with Crippen LogP contribution < -0.4 is 4.74 Å². The molecule has 1 heterocycles. The van der Waals surface area contributed by atoms with Gasteiger partial charge in [0.2, 0.25) is 10.0 Å². The van der Waals surface area contributed by atoms with Gasteiger partial charge in [-0.05, 0) is 37.0 Å². The van der Waals surface area contributed by atoms with Gasteiger partial charge in [-0.1, -0.05) is 18.5 Å². The zero-order valence-corrected chi connectivity index (χ0v) is 12.7. The summed E-state index contributed by atoms with van der Waals surface area (Å²) in [6, 6.07) is 4.66. The van der Waals surface area contributed by atoms with E-state index in [2.05, 4.69) is 6.92 Å². The van der Waals surface area contributed by atoms with Gasteiger partial charge < -0.3 is 4.74 Å². The lowest BCUT2D eigenvalue weighted by Crippen LogP contribution is -2.38. The van der Waals surface area contributed by atoms with Gasteiger partial charge in [-0.15, -0.1) is 0 Å². The van der Waals surface area contributed by atoms with E-state index in [-0.39, 0.29) is 4.90 Å². The van der Waals surface area contributed by atoms with Gasteiger partial charge in [-0.2, -0.15) is 4.31 Å². The van der Waals surface area contributed by atoms with E-state index in [0.717, 1.165) is 12.8 Å². The van der Waals surface area contributed by atoms with Gasteiger partial charge in [0.05, 0.1) is 7.11 Å². The smallest absolute Gasteiger partial charge is 0.246 e. The predicted molar refractivity (Wildman–Crippen MR) is 75.2 cm³/mol. The third kappa shape index (κ3) is 3.04. The topological polar surface area (TPSA) is 46.6 Å². The Morgan fingerprint density at radius 2 is 1.95 bits per heavy atom. The second kappa shape index (κ2) is 5.69. The van der Waals surface area contributed by atoms with Crippen LogP contribution in [0, 0.1) is 5.92 Å². The Hall–Kier alpha value is -0.780. The van der Waals surface area contributed by atoms with Crippen molar-refractivity contribution in [1.29, 1.82) is 0 Å². The molecule has 0 N–H and O–H groups in total. The maximum atomic E-state index is 12.6. The Bertz CT molecular complexity index is 551. The molecule has 1 aromatic rings. The molecule has 4 nitrogen and oxygen atoms in total. The summed E-state index contributed by atoms with van der Waals surface area (Å²) in [7, 11) is -2.07. The van der Waals surface area contributed by atoms with Crippen molar-refractivity contribution in [3.05, 3.63) is 23.2 Å². The summed E-state index contributed by atoms with van der Waals surface area (Å²) in [5, 5.41) is 0.393. The molecule has 0 saturated carbocycles. The molecule has 1 aliphatic rings. The van der Waals surface area contributed by atoms with Gasteiger partial charge in [-0.3, -0.25) is 0 Å². The molecule has 1 fully saturated rings. The van der Waals surface area contributed by atoms with E-state index < -0.39 is 10.0 Å². The van der Waals surface area contributed by atoms with E-state index in [1.807, 2.05) is 0 Å². The lowest BCUT2D eigenvalue weighted by atomic mass is 10.0. The van der Waals surface area contributed by atoms with Gasteiger partial charge in [0.1, 0.15) is 10.6 Å². The SMILES string of the molecule is COc1ccc(Cl)cc1S(=O)(=O)N1CCC(C)CC1. The predicted octanol–water partition coefficient (Wildman–Crippen LogP) is 2.77. The van der Waals surface area contributed by atoms with Gasteiger partial charge >= 0.3 is 0 Å². The van der Waals surface area contributed by atoms with Crippen molar-refractivity contribution in [3.8, 4) is 5.75 Å². The minimum absolute atomic E-state index is 0.150. The van der Waals surface area contributed by atoms with Crippen molar-refractivity contribution in [2.75, 3.05) is 20.2 Å². The zero-order chi connectivity index (χ0) is 14.0. The van der Waals surface area contributed by atoms with Crippen molar-refractivity contribution in [2.45, 2.75) is 24.7 Å². The van der Waals surface area contributed by atoms with Gasteiger partial charge in [-0.25, -0.2) is 8.42 Å². The van der Waals surface area contributed by atoms with Gasteiger partial charge in [0, 0.05) is 18.1 Å². The van der Waals surface area contributed by atoms with Crippen LogP contribution in [0.4, 0.5) is 0 Å². The third-order valence-electron chi connectivity index (χ3n) is 3.49. The minimum Gasteiger partial charge on any atom is -0.495 e. The molecule has 0 aliphatic carbocycles. The fourth-order valence-electron chi connectivity index (χ4n) is 2.22. The number of methoxy groups -OCH3 is 1. The van der Waals surface area contributed by atoms with E-state index >= 15 is 0 Å².